The minimum Gasteiger partial charge on any atom is -0.444 e. The fourth-order valence-corrected chi connectivity index (χ4v) is 1.88. The van der Waals surface area contributed by atoms with Crippen molar-refractivity contribution in [3.8, 4) is 0 Å². The normalized spacial score (nSPS) is 12.2. The highest BCUT2D eigenvalue weighted by molar-refractivity contribution is 5.76. The molecule has 0 aliphatic carbocycles. The highest BCUT2D eigenvalue weighted by atomic mass is 16.4. The van der Waals surface area contributed by atoms with E-state index >= 15 is 0 Å². The lowest BCUT2D eigenvalue weighted by Gasteiger charge is -2.11. The zero-order valence-corrected chi connectivity index (χ0v) is 11.7. The molecule has 1 heterocycles. The van der Waals surface area contributed by atoms with Crippen molar-refractivity contribution in [2.24, 2.45) is 5.73 Å². The lowest BCUT2D eigenvalue weighted by atomic mass is 10.0. The standard InChI is InChI=1S/C15H19N3O2/c1-10-11(2)20-15(18-10)9-17-14(19)8-13(16)12-6-4-3-5-7-12/h3-7,13H,8-9,16H2,1-2H3,(H,17,19). The summed E-state index contributed by atoms with van der Waals surface area (Å²) in [5, 5.41) is 2.76. The van der Waals surface area contributed by atoms with Gasteiger partial charge in [0, 0.05) is 12.5 Å². The number of nitrogens with two attached hydrogens (primary N) is 1. The molecule has 2 rings (SSSR count). The average Bonchev–Trinajstić information content (AvgIpc) is 2.76. The molecule has 106 valence electrons. The molecule has 5 nitrogen and oxygen atoms in total. The molecular weight excluding hydrogens is 254 g/mol. The van der Waals surface area contributed by atoms with Crippen LogP contribution >= 0.6 is 0 Å². The molecule has 0 saturated heterocycles. The van der Waals surface area contributed by atoms with Crippen molar-refractivity contribution >= 4 is 5.91 Å². The molecule has 0 saturated carbocycles. The summed E-state index contributed by atoms with van der Waals surface area (Å²) >= 11 is 0. The fourth-order valence-electron chi connectivity index (χ4n) is 1.88. The molecule has 1 atom stereocenters. The zero-order chi connectivity index (χ0) is 14.5. The molecule has 0 fully saturated rings. The van der Waals surface area contributed by atoms with E-state index in [0.717, 1.165) is 17.0 Å². The SMILES string of the molecule is Cc1nc(CNC(=O)CC(N)c2ccccc2)oc1C. The van der Waals surface area contributed by atoms with Gasteiger partial charge >= 0.3 is 0 Å². The number of oxazole rings is 1. The molecule has 3 N–H and O–H groups in total. The number of nitrogens with one attached hydrogen (secondary N) is 1. The second-order valence-electron chi connectivity index (χ2n) is 4.75. The van der Waals surface area contributed by atoms with Gasteiger partial charge in [-0.25, -0.2) is 4.98 Å². The maximum atomic E-state index is 11.8. The third-order valence-corrected chi connectivity index (χ3v) is 3.14. The first-order valence-corrected chi connectivity index (χ1v) is 6.56. The molecule has 1 aromatic carbocycles. The van der Waals surface area contributed by atoms with Crippen molar-refractivity contribution in [3.63, 3.8) is 0 Å². The monoisotopic (exact) mass is 273 g/mol. The van der Waals surface area contributed by atoms with E-state index in [9.17, 15) is 4.79 Å². The van der Waals surface area contributed by atoms with Crippen LogP contribution in [0.2, 0.25) is 0 Å². The Balaban J connectivity index is 1.84. The van der Waals surface area contributed by atoms with Crippen LogP contribution in [0.3, 0.4) is 0 Å². The van der Waals surface area contributed by atoms with Crippen molar-refractivity contribution in [1.29, 1.82) is 0 Å². The number of hydrogen-bond donors (Lipinski definition) is 2. The summed E-state index contributed by atoms with van der Waals surface area (Å²) in [4.78, 5) is 16.0. The Morgan fingerprint density at radius 1 is 1.35 bits per heavy atom. The zero-order valence-electron chi connectivity index (χ0n) is 11.7. The molecule has 1 aromatic heterocycles. The van der Waals surface area contributed by atoms with Crippen LogP contribution in [0.1, 0.15) is 35.4 Å². The van der Waals surface area contributed by atoms with E-state index in [1.54, 1.807) is 0 Å². The molecule has 0 aliphatic heterocycles. The summed E-state index contributed by atoms with van der Waals surface area (Å²) < 4.78 is 5.40. The van der Waals surface area contributed by atoms with Gasteiger partial charge in [-0.1, -0.05) is 30.3 Å². The molecule has 0 spiro atoms. The third-order valence-electron chi connectivity index (χ3n) is 3.14. The molecule has 1 amide bonds. The summed E-state index contributed by atoms with van der Waals surface area (Å²) in [6.07, 6.45) is 0.239. The van der Waals surface area contributed by atoms with Crippen LogP contribution in [0.15, 0.2) is 34.7 Å². The van der Waals surface area contributed by atoms with Gasteiger partial charge in [0.1, 0.15) is 5.76 Å². The average molecular weight is 273 g/mol. The quantitative estimate of drug-likeness (QED) is 0.873. The summed E-state index contributed by atoms with van der Waals surface area (Å²) in [6, 6.07) is 9.27. The highest BCUT2D eigenvalue weighted by Gasteiger charge is 2.12. The first kappa shape index (κ1) is 14.3. The van der Waals surface area contributed by atoms with Crippen molar-refractivity contribution in [2.75, 3.05) is 0 Å². The number of aryl methyl sites for hydroxylation is 2. The van der Waals surface area contributed by atoms with Gasteiger partial charge in [-0.3, -0.25) is 4.79 Å². The van der Waals surface area contributed by atoms with Crippen molar-refractivity contribution in [2.45, 2.75) is 32.9 Å². The van der Waals surface area contributed by atoms with E-state index in [4.69, 9.17) is 10.2 Å². The molecule has 5 heteroatoms. The van der Waals surface area contributed by atoms with E-state index in [0.29, 0.717) is 5.89 Å². The second kappa shape index (κ2) is 6.34. The van der Waals surface area contributed by atoms with Crippen LogP contribution < -0.4 is 11.1 Å². The Bertz CT molecular complexity index is 559. The van der Waals surface area contributed by atoms with Gasteiger partial charge < -0.3 is 15.5 Å². The summed E-state index contributed by atoms with van der Waals surface area (Å²) in [6.45, 7) is 4.00. The van der Waals surface area contributed by atoms with Gasteiger partial charge in [-0.15, -0.1) is 0 Å². The number of benzene rings is 1. The highest BCUT2D eigenvalue weighted by Crippen LogP contribution is 2.13. The predicted octanol–water partition coefficient (Wildman–Crippen LogP) is 2.00. The van der Waals surface area contributed by atoms with E-state index < -0.39 is 0 Å². The molecule has 0 bridgehead atoms. The van der Waals surface area contributed by atoms with Crippen molar-refractivity contribution < 1.29 is 9.21 Å². The summed E-state index contributed by atoms with van der Waals surface area (Å²) in [5.74, 6) is 1.17. The number of hydrogen-bond acceptors (Lipinski definition) is 4. The maximum Gasteiger partial charge on any atom is 0.222 e. The van der Waals surface area contributed by atoms with Crippen LogP contribution in [-0.2, 0) is 11.3 Å². The van der Waals surface area contributed by atoms with Gasteiger partial charge in [0.15, 0.2) is 0 Å². The number of amides is 1. The fraction of sp³-hybridized carbons (Fsp3) is 0.333. The van der Waals surface area contributed by atoms with E-state index in [1.165, 1.54) is 0 Å². The Morgan fingerprint density at radius 3 is 2.65 bits per heavy atom. The Morgan fingerprint density at radius 2 is 2.05 bits per heavy atom. The van der Waals surface area contributed by atoms with Gasteiger partial charge in [-0.05, 0) is 19.4 Å². The number of carbonyl (C=O) groups excluding carboxylic acids is 1. The Kier molecular flexibility index (Phi) is 4.53. The first-order valence-electron chi connectivity index (χ1n) is 6.56. The Hall–Kier alpha value is -2.14. The van der Waals surface area contributed by atoms with Crippen LogP contribution in [-0.4, -0.2) is 10.9 Å². The number of aromatic nitrogens is 1. The molecule has 20 heavy (non-hydrogen) atoms. The molecule has 0 aliphatic rings. The minimum atomic E-state index is -0.302. The predicted molar refractivity (Wildman–Crippen MR) is 75.8 cm³/mol. The lowest BCUT2D eigenvalue weighted by Crippen LogP contribution is -2.27. The molecular formula is C15H19N3O2. The molecule has 2 aromatic rings. The smallest absolute Gasteiger partial charge is 0.222 e. The van der Waals surface area contributed by atoms with Gasteiger partial charge in [0.25, 0.3) is 0 Å². The van der Waals surface area contributed by atoms with E-state index in [2.05, 4.69) is 10.3 Å². The lowest BCUT2D eigenvalue weighted by molar-refractivity contribution is -0.121. The number of carbonyl (C=O) groups is 1. The first-order chi connectivity index (χ1) is 9.56. The van der Waals surface area contributed by atoms with Crippen molar-refractivity contribution in [3.05, 3.63) is 53.2 Å². The van der Waals surface area contributed by atoms with Crippen molar-refractivity contribution in [1.82, 2.24) is 10.3 Å². The van der Waals surface area contributed by atoms with Gasteiger partial charge in [-0.2, -0.15) is 0 Å². The largest absolute Gasteiger partial charge is 0.444 e. The van der Waals surface area contributed by atoms with E-state index in [1.807, 2.05) is 44.2 Å². The Labute approximate surface area is 118 Å². The summed E-state index contributed by atoms with van der Waals surface area (Å²) in [5.41, 5.74) is 7.79. The van der Waals surface area contributed by atoms with Crippen LogP contribution in [0.5, 0.6) is 0 Å². The van der Waals surface area contributed by atoms with Gasteiger partial charge in [0.05, 0.1) is 12.2 Å². The number of nitrogens with zero attached hydrogens (tertiary/aromatic N) is 1. The van der Waals surface area contributed by atoms with Crippen LogP contribution in [0, 0.1) is 13.8 Å². The van der Waals surface area contributed by atoms with Crippen LogP contribution in [0.25, 0.3) is 0 Å². The molecule has 1 unspecified atom stereocenters. The number of rotatable bonds is 5. The minimum absolute atomic E-state index is 0.116. The summed E-state index contributed by atoms with van der Waals surface area (Å²) in [7, 11) is 0. The second-order valence-corrected chi connectivity index (χ2v) is 4.75. The van der Waals surface area contributed by atoms with Gasteiger partial charge in [0.2, 0.25) is 11.8 Å². The third kappa shape index (κ3) is 3.68. The maximum absolute atomic E-state index is 11.8. The molecule has 0 radical (unpaired) electrons. The topological polar surface area (TPSA) is 81.2 Å². The van der Waals surface area contributed by atoms with Crippen LogP contribution in [0.4, 0.5) is 0 Å². The van der Waals surface area contributed by atoms with E-state index in [-0.39, 0.29) is 24.9 Å².